The predicted octanol–water partition coefficient (Wildman–Crippen LogP) is 3.15. The van der Waals surface area contributed by atoms with Crippen LogP contribution in [0.25, 0.3) is 0 Å². The molecule has 126 valence electrons. The van der Waals surface area contributed by atoms with E-state index in [0.29, 0.717) is 12.2 Å². The first-order chi connectivity index (χ1) is 11.0. The van der Waals surface area contributed by atoms with Crippen molar-refractivity contribution in [1.82, 2.24) is 5.32 Å². The highest BCUT2D eigenvalue weighted by Gasteiger charge is 2.30. The third kappa shape index (κ3) is 4.96. The maximum atomic E-state index is 12.3. The van der Waals surface area contributed by atoms with E-state index in [1.165, 1.54) is 0 Å². The second-order valence-electron chi connectivity index (χ2n) is 5.89. The topological polar surface area (TPSA) is 75.6 Å². The molecule has 0 aliphatic heterocycles. The van der Waals surface area contributed by atoms with Crippen LogP contribution in [0.3, 0.4) is 0 Å². The average molecular weight is 384 g/mol. The molecule has 1 aromatic carbocycles. The number of methoxy groups -OCH3 is 1. The molecule has 0 spiro atoms. The smallest absolute Gasteiger partial charge is 0.308 e. The minimum Gasteiger partial charge on any atom is -0.497 e. The Morgan fingerprint density at radius 2 is 2.04 bits per heavy atom. The third-order valence-corrected chi connectivity index (χ3v) is 5.06. The van der Waals surface area contributed by atoms with E-state index in [1.54, 1.807) is 7.11 Å². The average Bonchev–Trinajstić information content (AvgIpc) is 2.75. The zero-order valence-electron chi connectivity index (χ0n) is 13.2. The molecule has 2 atom stereocenters. The van der Waals surface area contributed by atoms with Crippen LogP contribution in [0.2, 0.25) is 0 Å². The van der Waals surface area contributed by atoms with Gasteiger partial charge in [-0.3, -0.25) is 9.59 Å². The van der Waals surface area contributed by atoms with Crippen LogP contribution in [0.15, 0.2) is 22.7 Å². The molecule has 0 bridgehead atoms. The lowest BCUT2D eigenvalue weighted by Crippen LogP contribution is -2.43. The highest BCUT2D eigenvalue weighted by molar-refractivity contribution is 9.10. The zero-order chi connectivity index (χ0) is 16.8. The summed E-state index contributed by atoms with van der Waals surface area (Å²) in [4.78, 5) is 23.8. The standard InChI is InChI=1S/C17H22BrNO4/c1-23-12-7-8-14(18)11(9-12)10-16(20)19-15-6-4-2-3-5-13(15)17(21)22/h7-9,13,15H,2-6,10H2,1H3,(H,19,20)(H,21,22)/t13-,15+/m1/s1. The van der Waals surface area contributed by atoms with Gasteiger partial charge in [-0.1, -0.05) is 35.2 Å². The number of carboxylic acid groups (broad SMARTS) is 1. The van der Waals surface area contributed by atoms with Crippen molar-refractivity contribution in [3.05, 3.63) is 28.2 Å². The highest BCUT2D eigenvalue weighted by Crippen LogP contribution is 2.25. The molecule has 1 fully saturated rings. The van der Waals surface area contributed by atoms with E-state index in [4.69, 9.17) is 4.74 Å². The Morgan fingerprint density at radius 3 is 2.74 bits per heavy atom. The van der Waals surface area contributed by atoms with Gasteiger partial charge in [0.25, 0.3) is 0 Å². The van der Waals surface area contributed by atoms with Gasteiger partial charge in [-0.05, 0) is 36.6 Å². The van der Waals surface area contributed by atoms with Gasteiger partial charge in [-0.15, -0.1) is 0 Å². The van der Waals surface area contributed by atoms with Crippen LogP contribution in [0, 0.1) is 5.92 Å². The number of halogens is 1. The summed E-state index contributed by atoms with van der Waals surface area (Å²) >= 11 is 3.43. The molecule has 23 heavy (non-hydrogen) atoms. The maximum absolute atomic E-state index is 12.3. The van der Waals surface area contributed by atoms with Gasteiger partial charge in [0.15, 0.2) is 0 Å². The van der Waals surface area contributed by atoms with Gasteiger partial charge >= 0.3 is 5.97 Å². The molecule has 0 unspecified atom stereocenters. The molecule has 2 rings (SSSR count). The van der Waals surface area contributed by atoms with E-state index in [-0.39, 0.29) is 18.4 Å². The van der Waals surface area contributed by atoms with Crippen molar-refractivity contribution < 1.29 is 19.4 Å². The van der Waals surface area contributed by atoms with Crippen molar-refractivity contribution in [3.8, 4) is 5.75 Å². The van der Waals surface area contributed by atoms with Crippen molar-refractivity contribution in [2.24, 2.45) is 5.92 Å². The molecule has 0 saturated heterocycles. The van der Waals surface area contributed by atoms with Gasteiger partial charge in [-0.25, -0.2) is 0 Å². The van der Waals surface area contributed by atoms with Gasteiger partial charge < -0.3 is 15.2 Å². The number of hydrogen-bond donors (Lipinski definition) is 2. The SMILES string of the molecule is COc1ccc(Br)c(CC(=O)N[C@H]2CCCCC[C@H]2C(=O)O)c1. The number of amides is 1. The van der Waals surface area contributed by atoms with E-state index in [1.807, 2.05) is 18.2 Å². The first-order valence-corrected chi connectivity index (χ1v) is 8.65. The molecular weight excluding hydrogens is 362 g/mol. The fourth-order valence-electron chi connectivity index (χ4n) is 3.02. The fraction of sp³-hybridized carbons (Fsp3) is 0.529. The van der Waals surface area contributed by atoms with Crippen molar-refractivity contribution in [2.75, 3.05) is 7.11 Å². The van der Waals surface area contributed by atoms with Crippen LogP contribution in [-0.2, 0) is 16.0 Å². The first-order valence-electron chi connectivity index (χ1n) is 7.86. The van der Waals surface area contributed by atoms with E-state index in [2.05, 4.69) is 21.2 Å². The van der Waals surface area contributed by atoms with Crippen LogP contribution >= 0.6 is 15.9 Å². The number of rotatable bonds is 5. The summed E-state index contributed by atoms with van der Waals surface area (Å²) < 4.78 is 6.01. The Hall–Kier alpha value is -1.56. The fourth-order valence-corrected chi connectivity index (χ4v) is 3.41. The Labute approximate surface area is 144 Å². The first kappa shape index (κ1) is 17.8. The van der Waals surface area contributed by atoms with Gasteiger partial charge in [0.05, 0.1) is 19.4 Å². The van der Waals surface area contributed by atoms with Crippen molar-refractivity contribution >= 4 is 27.8 Å². The quantitative estimate of drug-likeness (QED) is 0.765. The molecule has 2 N–H and O–H groups in total. The summed E-state index contributed by atoms with van der Waals surface area (Å²) in [5, 5.41) is 12.3. The zero-order valence-corrected chi connectivity index (χ0v) is 14.8. The number of benzene rings is 1. The molecule has 0 heterocycles. The summed E-state index contributed by atoms with van der Waals surface area (Å²) in [6.07, 6.45) is 4.44. The van der Waals surface area contributed by atoms with E-state index in [0.717, 1.165) is 35.7 Å². The van der Waals surface area contributed by atoms with E-state index >= 15 is 0 Å². The molecule has 1 aliphatic carbocycles. The molecule has 1 saturated carbocycles. The van der Waals surface area contributed by atoms with Crippen LogP contribution < -0.4 is 10.1 Å². The summed E-state index contributed by atoms with van der Waals surface area (Å²) in [7, 11) is 1.58. The van der Waals surface area contributed by atoms with Crippen molar-refractivity contribution in [2.45, 2.75) is 44.6 Å². The van der Waals surface area contributed by atoms with Gasteiger partial charge in [-0.2, -0.15) is 0 Å². The lowest BCUT2D eigenvalue weighted by molar-refractivity contribution is -0.143. The largest absolute Gasteiger partial charge is 0.497 e. The third-order valence-electron chi connectivity index (χ3n) is 4.28. The number of nitrogens with one attached hydrogen (secondary N) is 1. The number of carbonyl (C=O) groups excluding carboxylic acids is 1. The van der Waals surface area contributed by atoms with Crippen LogP contribution in [0.4, 0.5) is 0 Å². The van der Waals surface area contributed by atoms with Gasteiger partial charge in [0.1, 0.15) is 5.75 Å². The Bertz CT molecular complexity index is 576. The number of carbonyl (C=O) groups is 2. The summed E-state index contributed by atoms with van der Waals surface area (Å²) in [5.74, 6) is -0.777. The lowest BCUT2D eigenvalue weighted by Gasteiger charge is -2.23. The minimum absolute atomic E-state index is 0.155. The molecule has 1 amide bonds. The Kier molecular flexibility index (Phi) is 6.45. The lowest BCUT2D eigenvalue weighted by atomic mass is 9.94. The van der Waals surface area contributed by atoms with E-state index in [9.17, 15) is 14.7 Å². The van der Waals surface area contributed by atoms with Gasteiger partial charge in [0, 0.05) is 10.5 Å². The van der Waals surface area contributed by atoms with Crippen molar-refractivity contribution in [3.63, 3.8) is 0 Å². The van der Waals surface area contributed by atoms with E-state index < -0.39 is 11.9 Å². The molecule has 0 aromatic heterocycles. The number of ether oxygens (including phenoxy) is 1. The molecule has 5 nitrogen and oxygen atoms in total. The van der Waals surface area contributed by atoms with Crippen molar-refractivity contribution in [1.29, 1.82) is 0 Å². The van der Waals surface area contributed by atoms with Crippen LogP contribution in [0.1, 0.15) is 37.7 Å². The monoisotopic (exact) mass is 383 g/mol. The predicted molar refractivity (Wildman–Crippen MR) is 90.5 cm³/mol. The number of aliphatic carboxylic acids is 1. The van der Waals surface area contributed by atoms with Crippen LogP contribution in [0.5, 0.6) is 5.75 Å². The van der Waals surface area contributed by atoms with Gasteiger partial charge in [0.2, 0.25) is 5.91 Å². The number of hydrogen-bond acceptors (Lipinski definition) is 3. The minimum atomic E-state index is -0.820. The maximum Gasteiger partial charge on any atom is 0.308 e. The second kappa shape index (κ2) is 8.34. The summed E-state index contributed by atoms with van der Waals surface area (Å²) in [5.41, 5.74) is 0.822. The molecular formula is C17H22BrNO4. The molecule has 1 aliphatic rings. The Balaban J connectivity index is 2.04. The summed E-state index contributed by atoms with van der Waals surface area (Å²) in [6, 6.07) is 5.18. The normalized spacial score (nSPS) is 21.3. The second-order valence-corrected chi connectivity index (χ2v) is 6.75. The Morgan fingerprint density at radius 1 is 1.30 bits per heavy atom. The molecule has 1 aromatic rings. The van der Waals surface area contributed by atoms with Crippen LogP contribution in [-0.4, -0.2) is 30.1 Å². The highest BCUT2D eigenvalue weighted by atomic mass is 79.9. The molecule has 6 heteroatoms. The number of carboxylic acids is 1. The summed E-state index contributed by atoms with van der Waals surface area (Å²) in [6.45, 7) is 0. The molecule has 0 radical (unpaired) electrons.